The normalized spacial score (nSPS) is 14.7. The van der Waals surface area contributed by atoms with Crippen molar-refractivity contribution in [3.05, 3.63) is 0 Å². The van der Waals surface area contributed by atoms with E-state index in [1.807, 2.05) is 0 Å². The Balaban J connectivity index is 5.35. The van der Waals surface area contributed by atoms with Crippen LogP contribution < -0.4 is 0 Å². The minimum atomic E-state index is -5.02. The van der Waals surface area contributed by atoms with Gasteiger partial charge < -0.3 is 48.9 Å². The minimum Gasteiger partial charge on any atom is -0.324 e. The monoisotopic (exact) mass is 573 g/mol. The number of hydrogen-bond donors (Lipinski definition) is 10. The highest BCUT2D eigenvalue weighted by Gasteiger charge is 2.31. The number of rotatable bonds is 16. The summed E-state index contributed by atoms with van der Waals surface area (Å²) in [5, 5.41) is 0. The molecule has 0 amide bonds. The van der Waals surface area contributed by atoms with Gasteiger partial charge in [-0.25, -0.2) is 18.5 Å². The summed E-state index contributed by atoms with van der Waals surface area (Å²) < 4.78 is 57.1. The summed E-state index contributed by atoms with van der Waals surface area (Å²) in [6.07, 6.45) is -2.82. The molecule has 0 aromatic carbocycles. The molecule has 0 saturated carbocycles. The highest BCUT2D eigenvalue weighted by atomic mass is 31.2. The molecular formula is C9H28N3O15P5. The molecule has 0 aromatic heterocycles. The van der Waals surface area contributed by atoms with E-state index in [0.717, 1.165) is 4.90 Å². The molecule has 0 bridgehead atoms. The Bertz CT molecular complexity index is 768. The van der Waals surface area contributed by atoms with Gasteiger partial charge in [0.25, 0.3) is 0 Å². The maximum atomic E-state index is 11.5. The largest absolute Gasteiger partial charge is 0.403 e. The first-order chi connectivity index (χ1) is 14.0. The summed E-state index contributed by atoms with van der Waals surface area (Å²) in [6.45, 7) is -3.74. The number of hydrogen-bond acceptors (Lipinski definition) is 6. The summed E-state index contributed by atoms with van der Waals surface area (Å²) in [6, 6.07) is 0. The summed E-state index contributed by atoms with van der Waals surface area (Å²) >= 11 is 0. The molecule has 0 heterocycles. The van der Waals surface area contributed by atoms with Gasteiger partial charge >= 0.3 is 38.3 Å². The molecule has 0 fully saturated rings. The van der Waals surface area contributed by atoms with E-state index in [1.165, 1.54) is 0 Å². The Labute approximate surface area is 182 Å². The third kappa shape index (κ3) is 17.1. The van der Waals surface area contributed by atoms with Gasteiger partial charge in [-0.15, -0.1) is 0 Å². The van der Waals surface area contributed by atoms with Crippen LogP contribution >= 0.6 is 38.3 Å². The molecule has 0 atom stereocenters. The Morgan fingerprint density at radius 3 is 0.969 bits per heavy atom. The van der Waals surface area contributed by atoms with Crippen LogP contribution in [-0.4, -0.2) is 121 Å². The molecule has 0 radical (unpaired) electrons. The van der Waals surface area contributed by atoms with Gasteiger partial charge in [-0.2, -0.15) is 0 Å². The summed E-state index contributed by atoms with van der Waals surface area (Å²) in [5.74, 6) is 0. The van der Waals surface area contributed by atoms with Crippen LogP contribution in [0.25, 0.3) is 0 Å². The predicted octanol–water partition coefficient (Wildman–Crippen LogP) is -2.43. The molecule has 0 aliphatic rings. The van der Waals surface area contributed by atoms with E-state index in [2.05, 4.69) is 0 Å². The van der Waals surface area contributed by atoms with Crippen LogP contribution in [-0.2, 0) is 22.8 Å². The Morgan fingerprint density at radius 1 is 0.438 bits per heavy atom. The van der Waals surface area contributed by atoms with Gasteiger partial charge in [-0.05, 0) is 0 Å². The lowest BCUT2D eigenvalue weighted by molar-refractivity contribution is 0.209. The van der Waals surface area contributed by atoms with E-state index < -0.39 is 96.2 Å². The van der Waals surface area contributed by atoms with Crippen LogP contribution in [0.1, 0.15) is 0 Å². The van der Waals surface area contributed by atoms with Crippen molar-refractivity contribution in [2.45, 2.75) is 0 Å². The molecule has 10 N–H and O–H groups in total. The van der Waals surface area contributed by atoms with Crippen LogP contribution in [0.5, 0.6) is 0 Å². The van der Waals surface area contributed by atoms with Gasteiger partial charge in [0.2, 0.25) is 0 Å². The molecule has 194 valence electrons. The zero-order chi connectivity index (χ0) is 25.6. The SMILES string of the molecule is O=P(O)(O)CCN(CCN(CCN(CCP(=O)(O)O)P(=O)(O)O)CP(=O)(O)O)P(=O)(O)O. The van der Waals surface area contributed by atoms with Crippen molar-refractivity contribution in [3.63, 3.8) is 0 Å². The molecule has 32 heavy (non-hydrogen) atoms. The molecular weight excluding hydrogens is 545 g/mol. The smallest absolute Gasteiger partial charge is 0.324 e. The average molecular weight is 573 g/mol. The molecule has 0 aromatic rings. The average Bonchev–Trinajstić information content (AvgIpc) is 2.47. The first-order valence-electron chi connectivity index (χ1n) is 8.48. The lowest BCUT2D eigenvalue weighted by Crippen LogP contribution is -2.39. The fraction of sp³-hybridized carbons (Fsp3) is 1.00. The van der Waals surface area contributed by atoms with Crippen molar-refractivity contribution in [2.24, 2.45) is 0 Å². The Hall–Kier alpha value is 0.630. The zero-order valence-electron chi connectivity index (χ0n) is 16.5. The molecule has 0 rings (SSSR count). The van der Waals surface area contributed by atoms with E-state index in [4.69, 9.17) is 19.6 Å². The van der Waals surface area contributed by atoms with Gasteiger partial charge in [0, 0.05) is 39.3 Å². The maximum absolute atomic E-state index is 11.5. The van der Waals surface area contributed by atoms with Crippen LogP contribution in [0.4, 0.5) is 0 Å². The summed E-state index contributed by atoms with van der Waals surface area (Å²) in [5.41, 5.74) is 0. The third-order valence-electron chi connectivity index (χ3n) is 3.77. The van der Waals surface area contributed by atoms with E-state index in [-0.39, 0.29) is 0 Å². The second-order valence-corrected chi connectivity index (χ2v) is 15.0. The minimum absolute atomic E-state index is 0.368. The van der Waals surface area contributed by atoms with Gasteiger partial charge in [0.15, 0.2) is 0 Å². The van der Waals surface area contributed by atoms with Crippen LogP contribution in [0.2, 0.25) is 0 Å². The molecule has 0 aliphatic carbocycles. The second-order valence-electron chi connectivity index (χ2n) is 6.63. The molecule has 0 saturated heterocycles. The van der Waals surface area contributed by atoms with Gasteiger partial charge in [-0.3, -0.25) is 18.6 Å². The second kappa shape index (κ2) is 12.5. The fourth-order valence-electron chi connectivity index (χ4n) is 2.26. The van der Waals surface area contributed by atoms with Gasteiger partial charge in [-0.1, -0.05) is 0 Å². The van der Waals surface area contributed by atoms with Crippen molar-refractivity contribution < 1.29 is 71.8 Å². The molecule has 0 spiro atoms. The van der Waals surface area contributed by atoms with E-state index in [0.29, 0.717) is 9.34 Å². The maximum Gasteiger partial charge on any atom is 0.403 e. The highest BCUT2D eigenvalue weighted by Crippen LogP contribution is 2.44. The van der Waals surface area contributed by atoms with Crippen LogP contribution in [0.3, 0.4) is 0 Å². The molecule has 23 heteroatoms. The van der Waals surface area contributed by atoms with Gasteiger partial charge in [0.05, 0.1) is 12.3 Å². The third-order valence-corrected chi connectivity index (χ3v) is 8.38. The first-order valence-corrected chi connectivity index (χ1v) is 17.0. The predicted molar refractivity (Wildman–Crippen MR) is 110 cm³/mol. The summed E-state index contributed by atoms with van der Waals surface area (Å²) in [7, 11) is -24.0. The highest BCUT2D eigenvalue weighted by molar-refractivity contribution is 7.52. The topological polar surface area (TPSA) is 297 Å². The fourth-order valence-corrected chi connectivity index (χ4v) is 5.81. The zero-order valence-corrected chi connectivity index (χ0v) is 20.9. The summed E-state index contributed by atoms with van der Waals surface area (Å²) in [4.78, 5) is 92.0. The quantitative estimate of drug-likeness (QED) is 0.0858. The van der Waals surface area contributed by atoms with Crippen molar-refractivity contribution in [1.29, 1.82) is 0 Å². The van der Waals surface area contributed by atoms with Crippen LogP contribution in [0.15, 0.2) is 0 Å². The van der Waals surface area contributed by atoms with E-state index in [1.54, 1.807) is 0 Å². The van der Waals surface area contributed by atoms with Crippen molar-refractivity contribution >= 4 is 38.3 Å². The van der Waals surface area contributed by atoms with Gasteiger partial charge in [0.1, 0.15) is 6.29 Å². The van der Waals surface area contributed by atoms with E-state index >= 15 is 0 Å². The molecule has 18 nitrogen and oxygen atoms in total. The van der Waals surface area contributed by atoms with Crippen molar-refractivity contribution in [2.75, 3.05) is 57.9 Å². The van der Waals surface area contributed by atoms with Crippen molar-refractivity contribution in [3.8, 4) is 0 Å². The van der Waals surface area contributed by atoms with Crippen molar-refractivity contribution in [1.82, 2.24) is 14.2 Å². The lowest BCUT2D eigenvalue weighted by Gasteiger charge is -2.30. The standard InChI is InChI=1S/C9H28N3O15P5/c13-28(14,15)7-5-11(31(22,23)24)3-1-10(9-30(19,20)21)2-4-12(32(25,26)27)6-8-29(16,17)18/h1-9H2,(H2,13,14,15)(H2,16,17,18)(H2,19,20,21)(H2,22,23,24)(H2,25,26,27). The number of nitrogens with zero attached hydrogens (tertiary/aromatic N) is 3. The molecule has 0 unspecified atom stereocenters. The lowest BCUT2D eigenvalue weighted by atomic mass is 10.4. The molecule has 0 aliphatic heterocycles. The van der Waals surface area contributed by atoms with Crippen LogP contribution in [0, 0.1) is 0 Å². The Kier molecular flexibility index (Phi) is 12.8. The van der Waals surface area contributed by atoms with E-state index in [9.17, 15) is 52.2 Å². The first kappa shape index (κ1) is 32.6. The Morgan fingerprint density at radius 2 is 0.750 bits per heavy atom.